The van der Waals surface area contributed by atoms with Crippen LogP contribution in [0.3, 0.4) is 0 Å². The average molecular weight is 468 g/mol. The number of hydrogen-bond donors (Lipinski definition) is 1. The number of carbonyl (C=O) groups excluding carboxylic acids is 1. The first kappa shape index (κ1) is 22.8. The lowest BCUT2D eigenvalue weighted by Gasteiger charge is -2.09. The number of nitro groups is 1. The Labute approximate surface area is 193 Å². The second-order valence-corrected chi connectivity index (χ2v) is 7.32. The third-order valence-electron chi connectivity index (χ3n) is 4.28. The summed E-state index contributed by atoms with van der Waals surface area (Å²) in [6, 6.07) is 19.9. The molecule has 0 unspecified atom stereocenters. The van der Waals surface area contributed by atoms with Crippen LogP contribution < -0.4 is 10.1 Å². The van der Waals surface area contributed by atoms with E-state index in [0.29, 0.717) is 22.9 Å². The van der Waals surface area contributed by atoms with Crippen LogP contribution in [0.4, 0.5) is 11.4 Å². The van der Waals surface area contributed by atoms with Crippen LogP contribution in [0.2, 0.25) is 10.0 Å². The number of anilines is 1. The fraction of sp³-hybridized carbons (Fsp3) is 0.0435. The van der Waals surface area contributed by atoms with Crippen LogP contribution in [0.1, 0.15) is 11.1 Å². The summed E-state index contributed by atoms with van der Waals surface area (Å²) in [4.78, 5) is 22.8. The number of nitriles is 1. The van der Waals surface area contributed by atoms with Gasteiger partial charge in [0, 0.05) is 12.1 Å². The zero-order valence-corrected chi connectivity index (χ0v) is 17.9. The molecule has 0 aliphatic carbocycles. The van der Waals surface area contributed by atoms with E-state index < -0.39 is 10.8 Å². The molecule has 3 rings (SSSR count). The molecule has 0 aliphatic heterocycles. The summed E-state index contributed by atoms with van der Waals surface area (Å²) in [5, 5.41) is 23.2. The van der Waals surface area contributed by atoms with Crippen LogP contribution in [0, 0.1) is 21.4 Å². The van der Waals surface area contributed by atoms with Crippen molar-refractivity contribution < 1.29 is 14.5 Å². The Bertz CT molecular complexity index is 1240. The van der Waals surface area contributed by atoms with Gasteiger partial charge < -0.3 is 10.1 Å². The molecule has 0 aliphatic rings. The largest absolute Gasteiger partial charge is 0.487 e. The van der Waals surface area contributed by atoms with E-state index in [-0.39, 0.29) is 22.0 Å². The van der Waals surface area contributed by atoms with Gasteiger partial charge in [0.1, 0.15) is 24.0 Å². The van der Waals surface area contributed by atoms with Gasteiger partial charge in [-0.25, -0.2) is 0 Å². The van der Waals surface area contributed by atoms with Crippen LogP contribution in [0.25, 0.3) is 6.08 Å². The van der Waals surface area contributed by atoms with E-state index in [2.05, 4.69) is 5.32 Å². The average Bonchev–Trinajstić information content (AvgIpc) is 2.78. The molecule has 3 aromatic carbocycles. The third kappa shape index (κ3) is 5.85. The van der Waals surface area contributed by atoms with Crippen LogP contribution in [0.15, 0.2) is 72.3 Å². The number of amides is 1. The van der Waals surface area contributed by atoms with Crippen molar-refractivity contribution in [2.24, 2.45) is 0 Å². The summed E-state index contributed by atoms with van der Waals surface area (Å²) < 4.78 is 5.71. The summed E-state index contributed by atoms with van der Waals surface area (Å²) in [5.74, 6) is -0.311. The summed E-state index contributed by atoms with van der Waals surface area (Å²) in [6.45, 7) is 0.339. The number of rotatable bonds is 7. The Hall–Kier alpha value is -3.86. The second-order valence-electron chi connectivity index (χ2n) is 6.51. The normalized spacial score (nSPS) is 10.8. The summed E-state index contributed by atoms with van der Waals surface area (Å²) in [6.07, 6.45) is 1.34. The number of nitrogens with one attached hydrogen (secondary N) is 1. The molecule has 32 heavy (non-hydrogen) atoms. The zero-order valence-electron chi connectivity index (χ0n) is 16.4. The van der Waals surface area contributed by atoms with Gasteiger partial charge in [-0.05, 0) is 35.4 Å². The highest BCUT2D eigenvalue weighted by atomic mass is 35.5. The minimum absolute atomic E-state index is 0.0229. The first-order chi connectivity index (χ1) is 15.4. The number of hydrogen-bond acceptors (Lipinski definition) is 5. The van der Waals surface area contributed by atoms with Crippen molar-refractivity contribution >= 4 is 46.6 Å². The van der Waals surface area contributed by atoms with Crippen molar-refractivity contribution in [2.45, 2.75) is 6.61 Å². The molecule has 0 radical (unpaired) electrons. The molecule has 0 spiro atoms. The van der Waals surface area contributed by atoms with E-state index in [0.717, 1.165) is 11.6 Å². The predicted molar refractivity (Wildman–Crippen MR) is 123 cm³/mol. The standard InChI is InChI=1S/C23H15Cl2N3O4/c24-19-8-7-18(28(30)31)12-21(19)27-23(29)17(13-26)10-16-6-9-22(20(25)11-16)32-14-15-4-2-1-3-5-15/h1-12H,14H2,(H,27,29)/b17-10+. The first-order valence-electron chi connectivity index (χ1n) is 9.20. The fourth-order valence-electron chi connectivity index (χ4n) is 2.69. The van der Waals surface area contributed by atoms with E-state index >= 15 is 0 Å². The molecule has 1 amide bonds. The highest BCUT2D eigenvalue weighted by molar-refractivity contribution is 6.34. The van der Waals surface area contributed by atoms with Gasteiger partial charge in [-0.15, -0.1) is 0 Å². The Balaban J connectivity index is 1.75. The lowest BCUT2D eigenvalue weighted by Crippen LogP contribution is -2.14. The lowest BCUT2D eigenvalue weighted by atomic mass is 10.1. The van der Waals surface area contributed by atoms with Gasteiger partial charge in [-0.1, -0.05) is 59.6 Å². The number of nitrogens with zero attached hydrogens (tertiary/aromatic N) is 2. The van der Waals surface area contributed by atoms with Gasteiger partial charge in [0.25, 0.3) is 11.6 Å². The van der Waals surface area contributed by atoms with Crippen LogP contribution in [0.5, 0.6) is 5.75 Å². The molecule has 0 saturated carbocycles. The van der Waals surface area contributed by atoms with Crippen molar-refractivity contribution in [2.75, 3.05) is 5.32 Å². The quantitative estimate of drug-likeness (QED) is 0.197. The maximum absolute atomic E-state index is 12.5. The molecule has 0 fully saturated rings. The highest BCUT2D eigenvalue weighted by Gasteiger charge is 2.15. The van der Waals surface area contributed by atoms with Crippen molar-refractivity contribution in [1.82, 2.24) is 0 Å². The first-order valence-corrected chi connectivity index (χ1v) is 9.96. The SMILES string of the molecule is N#C/C(=C\c1ccc(OCc2ccccc2)c(Cl)c1)C(=O)Nc1cc([N+](=O)[O-])ccc1Cl. The van der Waals surface area contributed by atoms with Crippen LogP contribution >= 0.6 is 23.2 Å². The smallest absolute Gasteiger partial charge is 0.271 e. The minimum Gasteiger partial charge on any atom is -0.487 e. The molecule has 0 heterocycles. The molecule has 1 N–H and O–H groups in total. The number of nitro benzene ring substituents is 1. The fourth-order valence-corrected chi connectivity index (χ4v) is 3.10. The van der Waals surface area contributed by atoms with Gasteiger partial charge in [0.05, 0.1) is 20.7 Å². The Morgan fingerprint density at radius 3 is 2.50 bits per heavy atom. The van der Waals surface area contributed by atoms with E-state index in [9.17, 15) is 20.2 Å². The van der Waals surface area contributed by atoms with Gasteiger partial charge >= 0.3 is 0 Å². The van der Waals surface area contributed by atoms with Crippen LogP contribution in [-0.4, -0.2) is 10.8 Å². The molecule has 0 saturated heterocycles. The molecular formula is C23H15Cl2N3O4. The molecule has 3 aromatic rings. The topological polar surface area (TPSA) is 105 Å². The van der Waals surface area contributed by atoms with E-state index in [1.807, 2.05) is 30.3 Å². The third-order valence-corrected chi connectivity index (χ3v) is 4.90. The number of ether oxygens (including phenoxy) is 1. The number of carbonyl (C=O) groups is 1. The Morgan fingerprint density at radius 1 is 1.09 bits per heavy atom. The van der Waals surface area contributed by atoms with E-state index in [1.165, 1.54) is 18.2 Å². The number of non-ortho nitro benzene ring substituents is 1. The van der Waals surface area contributed by atoms with Crippen molar-refractivity contribution in [1.29, 1.82) is 5.26 Å². The van der Waals surface area contributed by atoms with E-state index in [1.54, 1.807) is 24.3 Å². The van der Waals surface area contributed by atoms with Crippen LogP contribution in [-0.2, 0) is 11.4 Å². The minimum atomic E-state index is -0.768. The molecule has 0 atom stereocenters. The summed E-state index contributed by atoms with van der Waals surface area (Å²) in [5.41, 5.74) is 1.02. The molecule has 0 aromatic heterocycles. The second kappa shape index (κ2) is 10.4. The number of halogens is 2. The van der Waals surface area contributed by atoms with Crippen molar-refractivity contribution in [3.63, 3.8) is 0 Å². The zero-order chi connectivity index (χ0) is 23.1. The van der Waals surface area contributed by atoms with Crippen molar-refractivity contribution in [3.8, 4) is 11.8 Å². The van der Waals surface area contributed by atoms with Gasteiger partial charge in [0.2, 0.25) is 0 Å². The monoisotopic (exact) mass is 467 g/mol. The number of benzene rings is 3. The van der Waals surface area contributed by atoms with Crippen molar-refractivity contribution in [3.05, 3.63) is 104 Å². The molecule has 0 bridgehead atoms. The van der Waals surface area contributed by atoms with Gasteiger partial charge in [-0.2, -0.15) is 5.26 Å². The Kier molecular flexibility index (Phi) is 7.45. The van der Waals surface area contributed by atoms with Gasteiger partial charge in [0.15, 0.2) is 0 Å². The summed E-state index contributed by atoms with van der Waals surface area (Å²) >= 11 is 12.3. The Morgan fingerprint density at radius 2 is 1.84 bits per heavy atom. The van der Waals surface area contributed by atoms with E-state index in [4.69, 9.17) is 27.9 Å². The highest BCUT2D eigenvalue weighted by Crippen LogP contribution is 2.29. The maximum atomic E-state index is 12.5. The maximum Gasteiger partial charge on any atom is 0.271 e. The molecule has 9 heteroatoms. The van der Waals surface area contributed by atoms with Gasteiger partial charge in [-0.3, -0.25) is 14.9 Å². The molecule has 7 nitrogen and oxygen atoms in total. The summed E-state index contributed by atoms with van der Waals surface area (Å²) in [7, 11) is 0. The molecule has 160 valence electrons. The lowest BCUT2D eigenvalue weighted by molar-refractivity contribution is -0.384. The predicted octanol–water partition coefficient (Wildman–Crippen LogP) is 6.03. The molecular weight excluding hydrogens is 453 g/mol.